The Labute approximate surface area is 174 Å². The number of piperidine rings is 1. The van der Waals surface area contributed by atoms with Gasteiger partial charge in [0, 0.05) is 30.8 Å². The number of hydrogen-bond acceptors (Lipinski definition) is 5. The van der Waals surface area contributed by atoms with Gasteiger partial charge in [0.1, 0.15) is 0 Å². The van der Waals surface area contributed by atoms with Gasteiger partial charge in [0.15, 0.2) is 0 Å². The van der Waals surface area contributed by atoms with Crippen molar-refractivity contribution in [1.29, 1.82) is 0 Å². The summed E-state index contributed by atoms with van der Waals surface area (Å²) in [5.74, 6) is -0.899. The van der Waals surface area contributed by atoms with E-state index in [-0.39, 0.29) is 23.3 Å². The molecule has 7 nitrogen and oxygen atoms in total. The molecule has 1 amide bonds. The lowest BCUT2D eigenvalue weighted by Crippen LogP contribution is -2.39. The Hall–Kier alpha value is -3.74. The number of hydrogen-bond donors (Lipinski definition) is 2. The van der Waals surface area contributed by atoms with E-state index in [0.29, 0.717) is 24.3 Å². The summed E-state index contributed by atoms with van der Waals surface area (Å²) in [4.78, 5) is 34.8. The standard InChI is InChI=1S/C23H22N4O3/c24-23-25-13-19(20(26-23)15-6-2-1-3-7-15)21(28)27-11-5-10-18(14-27)16-8-4-9-17(12-16)22(29)30/h1-4,6-9,12-13,18H,5,10-11,14H2,(H,29,30)(H2,24,25,26)/t18-/m1/s1. The number of aromatic nitrogens is 2. The third kappa shape index (κ3) is 4.00. The zero-order valence-electron chi connectivity index (χ0n) is 16.4. The number of carboxylic acids is 1. The van der Waals surface area contributed by atoms with E-state index >= 15 is 0 Å². The van der Waals surface area contributed by atoms with E-state index in [0.717, 1.165) is 24.0 Å². The molecule has 2 heterocycles. The maximum atomic E-state index is 13.4. The largest absolute Gasteiger partial charge is 0.478 e. The fourth-order valence-electron chi connectivity index (χ4n) is 3.90. The van der Waals surface area contributed by atoms with Gasteiger partial charge in [-0.05, 0) is 30.5 Å². The molecule has 1 fully saturated rings. The predicted molar refractivity (Wildman–Crippen MR) is 113 cm³/mol. The van der Waals surface area contributed by atoms with Gasteiger partial charge in [0.2, 0.25) is 5.95 Å². The van der Waals surface area contributed by atoms with E-state index in [9.17, 15) is 14.7 Å². The van der Waals surface area contributed by atoms with Gasteiger partial charge in [0.25, 0.3) is 5.91 Å². The van der Waals surface area contributed by atoms with Crippen molar-refractivity contribution in [2.75, 3.05) is 18.8 Å². The lowest BCUT2D eigenvalue weighted by atomic mass is 9.89. The van der Waals surface area contributed by atoms with Crippen molar-refractivity contribution in [2.24, 2.45) is 0 Å². The van der Waals surface area contributed by atoms with Gasteiger partial charge < -0.3 is 15.7 Å². The first-order valence-corrected chi connectivity index (χ1v) is 9.83. The van der Waals surface area contributed by atoms with Crippen molar-refractivity contribution in [3.8, 4) is 11.3 Å². The SMILES string of the molecule is Nc1ncc(C(=O)N2CCC[C@@H](c3cccc(C(=O)O)c3)C2)c(-c2ccccc2)n1. The van der Waals surface area contributed by atoms with Gasteiger partial charge in [-0.15, -0.1) is 0 Å². The Morgan fingerprint density at radius 2 is 1.90 bits per heavy atom. The molecule has 0 bridgehead atoms. The van der Waals surface area contributed by atoms with E-state index in [2.05, 4.69) is 9.97 Å². The van der Waals surface area contributed by atoms with Crippen molar-refractivity contribution in [3.63, 3.8) is 0 Å². The summed E-state index contributed by atoms with van der Waals surface area (Å²) in [5, 5.41) is 9.27. The van der Waals surface area contributed by atoms with Gasteiger partial charge in [-0.2, -0.15) is 0 Å². The highest BCUT2D eigenvalue weighted by Gasteiger charge is 2.28. The number of anilines is 1. The number of nitrogens with two attached hydrogens (primary N) is 1. The van der Waals surface area contributed by atoms with E-state index in [1.54, 1.807) is 23.1 Å². The van der Waals surface area contributed by atoms with Crippen molar-refractivity contribution >= 4 is 17.8 Å². The molecule has 4 rings (SSSR count). The van der Waals surface area contributed by atoms with Crippen LogP contribution in [0, 0.1) is 0 Å². The smallest absolute Gasteiger partial charge is 0.335 e. The summed E-state index contributed by atoms with van der Waals surface area (Å²) in [6, 6.07) is 16.4. The van der Waals surface area contributed by atoms with E-state index in [4.69, 9.17) is 5.73 Å². The Balaban J connectivity index is 1.62. The van der Waals surface area contributed by atoms with Gasteiger partial charge >= 0.3 is 5.97 Å². The Kier molecular flexibility index (Phi) is 5.43. The highest BCUT2D eigenvalue weighted by atomic mass is 16.4. The monoisotopic (exact) mass is 402 g/mol. The highest BCUT2D eigenvalue weighted by Crippen LogP contribution is 2.30. The van der Waals surface area contributed by atoms with Crippen LogP contribution in [0.3, 0.4) is 0 Å². The zero-order valence-corrected chi connectivity index (χ0v) is 16.4. The molecule has 30 heavy (non-hydrogen) atoms. The minimum atomic E-state index is -0.952. The fourth-order valence-corrected chi connectivity index (χ4v) is 3.90. The molecule has 1 saturated heterocycles. The highest BCUT2D eigenvalue weighted by molar-refractivity contribution is 6.00. The number of carbonyl (C=O) groups is 2. The molecule has 0 radical (unpaired) electrons. The summed E-state index contributed by atoms with van der Waals surface area (Å²) < 4.78 is 0. The summed E-state index contributed by atoms with van der Waals surface area (Å²) in [6.07, 6.45) is 3.22. The summed E-state index contributed by atoms with van der Waals surface area (Å²) >= 11 is 0. The van der Waals surface area contributed by atoms with Gasteiger partial charge in [0.05, 0.1) is 16.8 Å². The van der Waals surface area contributed by atoms with Crippen LogP contribution in [0.1, 0.15) is 45.0 Å². The Bertz CT molecular complexity index is 1080. The average Bonchev–Trinajstić information content (AvgIpc) is 2.79. The van der Waals surface area contributed by atoms with Crippen molar-refractivity contribution in [1.82, 2.24) is 14.9 Å². The number of benzene rings is 2. The third-order valence-electron chi connectivity index (χ3n) is 5.40. The lowest BCUT2D eigenvalue weighted by Gasteiger charge is -2.33. The average molecular weight is 402 g/mol. The second kappa shape index (κ2) is 8.32. The zero-order chi connectivity index (χ0) is 21.1. The molecular weight excluding hydrogens is 380 g/mol. The minimum absolute atomic E-state index is 0.0804. The molecule has 0 aliphatic carbocycles. The first kappa shape index (κ1) is 19.6. The second-order valence-corrected chi connectivity index (χ2v) is 7.38. The van der Waals surface area contributed by atoms with Crippen LogP contribution in [0.5, 0.6) is 0 Å². The van der Waals surface area contributed by atoms with E-state index in [1.807, 2.05) is 36.4 Å². The summed E-state index contributed by atoms with van der Waals surface area (Å²) in [6.45, 7) is 1.15. The molecule has 7 heteroatoms. The van der Waals surface area contributed by atoms with Crippen LogP contribution in [0.2, 0.25) is 0 Å². The van der Waals surface area contributed by atoms with Crippen LogP contribution >= 0.6 is 0 Å². The number of likely N-dealkylation sites (tertiary alicyclic amines) is 1. The number of carbonyl (C=O) groups excluding carboxylic acids is 1. The topological polar surface area (TPSA) is 109 Å². The molecule has 0 saturated carbocycles. The molecule has 1 aliphatic heterocycles. The molecule has 1 atom stereocenters. The minimum Gasteiger partial charge on any atom is -0.478 e. The Morgan fingerprint density at radius 1 is 1.10 bits per heavy atom. The van der Waals surface area contributed by atoms with Crippen molar-refractivity contribution < 1.29 is 14.7 Å². The third-order valence-corrected chi connectivity index (χ3v) is 5.40. The van der Waals surface area contributed by atoms with Crippen LogP contribution in [0.4, 0.5) is 5.95 Å². The number of amides is 1. The van der Waals surface area contributed by atoms with Gasteiger partial charge in [-0.3, -0.25) is 4.79 Å². The molecule has 2 aromatic carbocycles. The van der Waals surface area contributed by atoms with Crippen molar-refractivity contribution in [2.45, 2.75) is 18.8 Å². The molecule has 0 spiro atoms. The molecule has 3 N–H and O–H groups in total. The van der Waals surface area contributed by atoms with E-state index < -0.39 is 5.97 Å². The predicted octanol–water partition coefficient (Wildman–Crippen LogP) is 3.44. The summed E-state index contributed by atoms with van der Waals surface area (Å²) in [5.41, 5.74) is 8.71. The number of nitrogen functional groups attached to an aromatic ring is 1. The van der Waals surface area contributed by atoms with Gasteiger partial charge in [-0.1, -0.05) is 42.5 Å². The van der Waals surface area contributed by atoms with Crippen LogP contribution < -0.4 is 5.73 Å². The number of aromatic carboxylic acids is 1. The molecule has 3 aromatic rings. The van der Waals surface area contributed by atoms with Crippen LogP contribution in [0.15, 0.2) is 60.8 Å². The first-order valence-electron chi connectivity index (χ1n) is 9.83. The number of carboxylic acid groups (broad SMARTS) is 1. The Morgan fingerprint density at radius 3 is 2.67 bits per heavy atom. The fraction of sp³-hybridized carbons (Fsp3) is 0.217. The first-order chi connectivity index (χ1) is 14.5. The molecule has 0 unspecified atom stereocenters. The molecular formula is C23H22N4O3. The molecule has 1 aliphatic rings. The maximum absolute atomic E-state index is 13.4. The number of rotatable bonds is 4. The number of nitrogens with zero attached hydrogens (tertiary/aromatic N) is 3. The normalized spacial score (nSPS) is 16.3. The molecule has 152 valence electrons. The van der Waals surface area contributed by atoms with E-state index in [1.165, 1.54) is 6.20 Å². The lowest BCUT2D eigenvalue weighted by molar-refractivity contribution is 0.0687. The summed E-state index contributed by atoms with van der Waals surface area (Å²) in [7, 11) is 0. The van der Waals surface area contributed by atoms with Crippen LogP contribution in [-0.2, 0) is 0 Å². The quantitative estimate of drug-likeness (QED) is 0.692. The second-order valence-electron chi connectivity index (χ2n) is 7.38. The van der Waals surface area contributed by atoms with Crippen LogP contribution in [0.25, 0.3) is 11.3 Å². The van der Waals surface area contributed by atoms with Gasteiger partial charge in [-0.25, -0.2) is 14.8 Å². The van der Waals surface area contributed by atoms with Crippen molar-refractivity contribution in [3.05, 3.63) is 77.5 Å². The van der Waals surface area contributed by atoms with Crippen LogP contribution in [-0.4, -0.2) is 44.9 Å². The molecule has 1 aromatic heterocycles. The maximum Gasteiger partial charge on any atom is 0.335 e.